The summed E-state index contributed by atoms with van der Waals surface area (Å²) in [7, 11) is 2.02. The largest absolute Gasteiger partial charge is 0.350 e. The van der Waals surface area contributed by atoms with Crippen LogP contribution in [0.5, 0.6) is 0 Å². The van der Waals surface area contributed by atoms with E-state index in [1.807, 2.05) is 13.2 Å². The summed E-state index contributed by atoms with van der Waals surface area (Å²) in [6.07, 6.45) is 4.94. The van der Waals surface area contributed by atoms with Crippen molar-refractivity contribution in [2.24, 2.45) is 13.0 Å². The molecule has 2 aromatic rings. The van der Waals surface area contributed by atoms with Gasteiger partial charge in [-0.25, -0.2) is 0 Å². The first kappa shape index (κ1) is 13.4. The summed E-state index contributed by atoms with van der Waals surface area (Å²) >= 11 is 0. The first-order chi connectivity index (χ1) is 9.70. The van der Waals surface area contributed by atoms with Crippen molar-refractivity contribution in [1.29, 1.82) is 0 Å². The number of hydrogen-bond acceptors (Lipinski definition) is 2. The Balaban J connectivity index is 2.03. The highest BCUT2D eigenvalue weighted by atomic mass is 16.1. The van der Waals surface area contributed by atoms with Gasteiger partial charge in [0.2, 0.25) is 0 Å². The van der Waals surface area contributed by atoms with E-state index in [9.17, 15) is 4.79 Å². The van der Waals surface area contributed by atoms with Crippen LogP contribution in [-0.2, 0) is 13.5 Å². The summed E-state index contributed by atoms with van der Waals surface area (Å²) in [5.41, 5.74) is 3.35. The first-order valence-corrected chi connectivity index (χ1v) is 7.53. The lowest BCUT2D eigenvalue weighted by Gasteiger charge is -2.21. The van der Waals surface area contributed by atoms with Gasteiger partial charge < -0.3 is 9.88 Å². The standard InChI is InChI=1S/C17H22N2O/c1-3-12-4-5-16-14(10-12)15(11-19(16)2)17(20)13-6-8-18-9-7-13/h4-5,10-11,13,18H,3,6-9H2,1-2H3. The van der Waals surface area contributed by atoms with Gasteiger partial charge in [0, 0.05) is 35.6 Å². The van der Waals surface area contributed by atoms with Crippen molar-refractivity contribution < 1.29 is 4.79 Å². The molecule has 0 radical (unpaired) electrons. The maximum atomic E-state index is 12.8. The minimum atomic E-state index is 0.187. The van der Waals surface area contributed by atoms with Gasteiger partial charge in [0.05, 0.1) is 0 Å². The predicted octanol–water partition coefficient (Wildman–Crippen LogP) is 2.92. The molecule has 0 amide bonds. The Hall–Kier alpha value is -1.61. The molecule has 1 saturated heterocycles. The van der Waals surface area contributed by atoms with E-state index < -0.39 is 0 Å². The van der Waals surface area contributed by atoms with Crippen LogP contribution in [0, 0.1) is 5.92 Å². The van der Waals surface area contributed by atoms with Crippen molar-refractivity contribution in [2.75, 3.05) is 13.1 Å². The second-order valence-electron chi connectivity index (χ2n) is 5.75. The third-order valence-corrected chi connectivity index (χ3v) is 4.44. The molecule has 3 nitrogen and oxygen atoms in total. The second kappa shape index (κ2) is 5.41. The molecule has 0 saturated carbocycles. The normalized spacial score (nSPS) is 16.7. The first-order valence-electron chi connectivity index (χ1n) is 7.53. The van der Waals surface area contributed by atoms with Crippen LogP contribution in [0.25, 0.3) is 10.9 Å². The van der Waals surface area contributed by atoms with E-state index >= 15 is 0 Å². The molecule has 0 bridgehead atoms. The number of hydrogen-bond donors (Lipinski definition) is 1. The topological polar surface area (TPSA) is 34.0 Å². The van der Waals surface area contributed by atoms with Crippen molar-refractivity contribution in [3.8, 4) is 0 Å². The van der Waals surface area contributed by atoms with Crippen LogP contribution in [-0.4, -0.2) is 23.4 Å². The van der Waals surface area contributed by atoms with Gasteiger partial charge in [-0.3, -0.25) is 4.79 Å². The molecular weight excluding hydrogens is 248 g/mol. The van der Waals surface area contributed by atoms with Gasteiger partial charge in [0.25, 0.3) is 0 Å². The van der Waals surface area contributed by atoms with Crippen LogP contribution >= 0.6 is 0 Å². The number of aromatic nitrogens is 1. The molecular formula is C17H22N2O. The molecule has 2 heterocycles. The molecule has 106 valence electrons. The fourth-order valence-corrected chi connectivity index (χ4v) is 3.16. The number of carbonyl (C=O) groups is 1. The summed E-state index contributed by atoms with van der Waals surface area (Å²) in [6.45, 7) is 4.07. The Morgan fingerprint density at radius 3 is 2.80 bits per heavy atom. The van der Waals surface area contributed by atoms with Gasteiger partial charge in [0.1, 0.15) is 0 Å². The molecule has 3 rings (SSSR count). The lowest BCUT2D eigenvalue weighted by atomic mass is 9.89. The molecule has 0 atom stereocenters. The van der Waals surface area contributed by atoms with E-state index in [0.717, 1.165) is 48.8 Å². The molecule has 1 aliphatic rings. The van der Waals surface area contributed by atoms with Crippen LogP contribution in [0.15, 0.2) is 24.4 Å². The molecule has 0 unspecified atom stereocenters. The number of piperidine rings is 1. The summed E-state index contributed by atoms with van der Waals surface area (Å²) < 4.78 is 2.07. The van der Waals surface area contributed by atoms with E-state index in [0.29, 0.717) is 5.78 Å². The minimum Gasteiger partial charge on any atom is -0.350 e. The molecule has 0 spiro atoms. The quantitative estimate of drug-likeness (QED) is 0.870. The number of benzene rings is 1. The molecule has 1 N–H and O–H groups in total. The highest BCUT2D eigenvalue weighted by molar-refractivity contribution is 6.09. The molecule has 1 aromatic carbocycles. The third-order valence-electron chi connectivity index (χ3n) is 4.44. The monoisotopic (exact) mass is 270 g/mol. The zero-order chi connectivity index (χ0) is 14.1. The Labute approximate surface area is 120 Å². The van der Waals surface area contributed by atoms with E-state index in [4.69, 9.17) is 0 Å². The maximum absolute atomic E-state index is 12.8. The number of Topliss-reactive ketones (excluding diaryl/α,β-unsaturated/α-hetero) is 1. The predicted molar refractivity (Wildman–Crippen MR) is 82.2 cm³/mol. The molecule has 0 aliphatic carbocycles. The number of carbonyl (C=O) groups excluding carboxylic acids is 1. The minimum absolute atomic E-state index is 0.187. The number of aryl methyl sites for hydroxylation is 2. The van der Waals surface area contributed by atoms with Crippen molar-refractivity contribution in [2.45, 2.75) is 26.2 Å². The van der Waals surface area contributed by atoms with Crippen LogP contribution < -0.4 is 5.32 Å². The van der Waals surface area contributed by atoms with Crippen molar-refractivity contribution >= 4 is 16.7 Å². The Kier molecular flexibility index (Phi) is 3.62. The number of ketones is 1. The van der Waals surface area contributed by atoms with Gasteiger partial charge >= 0.3 is 0 Å². The fourth-order valence-electron chi connectivity index (χ4n) is 3.16. The van der Waals surface area contributed by atoms with Crippen LogP contribution in [0.3, 0.4) is 0 Å². The lowest BCUT2D eigenvalue weighted by molar-refractivity contribution is 0.0896. The van der Waals surface area contributed by atoms with E-state index in [-0.39, 0.29) is 5.92 Å². The molecule has 1 fully saturated rings. The SMILES string of the molecule is CCc1ccc2c(c1)c(C(=O)C1CCNCC1)cn2C. The number of nitrogens with zero attached hydrogens (tertiary/aromatic N) is 1. The zero-order valence-corrected chi connectivity index (χ0v) is 12.3. The average molecular weight is 270 g/mol. The number of nitrogens with one attached hydrogen (secondary N) is 1. The van der Waals surface area contributed by atoms with Crippen LogP contribution in [0.2, 0.25) is 0 Å². The van der Waals surface area contributed by atoms with Gasteiger partial charge in [-0.2, -0.15) is 0 Å². The highest BCUT2D eigenvalue weighted by Crippen LogP contribution is 2.27. The number of fused-ring (bicyclic) bond motifs is 1. The van der Waals surface area contributed by atoms with E-state index in [1.54, 1.807) is 0 Å². The van der Waals surface area contributed by atoms with E-state index in [2.05, 4.69) is 35.0 Å². The Morgan fingerprint density at radius 2 is 2.10 bits per heavy atom. The average Bonchev–Trinajstić information content (AvgIpc) is 2.84. The maximum Gasteiger partial charge on any atom is 0.168 e. The lowest BCUT2D eigenvalue weighted by Crippen LogP contribution is -2.31. The zero-order valence-electron chi connectivity index (χ0n) is 12.3. The molecule has 1 aliphatic heterocycles. The smallest absolute Gasteiger partial charge is 0.168 e. The highest BCUT2D eigenvalue weighted by Gasteiger charge is 2.24. The van der Waals surface area contributed by atoms with Crippen molar-refractivity contribution in [1.82, 2.24) is 9.88 Å². The Morgan fingerprint density at radius 1 is 1.35 bits per heavy atom. The molecule has 20 heavy (non-hydrogen) atoms. The Bertz CT molecular complexity index is 636. The fraction of sp³-hybridized carbons (Fsp3) is 0.471. The van der Waals surface area contributed by atoms with Gasteiger partial charge in [-0.15, -0.1) is 0 Å². The van der Waals surface area contributed by atoms with Crippen molar-refractivity contribution in [3.05, 3.63) is 35.5 Å². The molecule has 1 aromatic heterocycles. The summed E-state index contributed by atoms with van der Waals surface area (Å²) in [5, 5.41) is 4.44. The summed E-state index contributed by atoms with van der Waals surface area (Å²) in [5.74, 6) is 0.512. The molecule has 3 heteroatoms. The third kappa shape index (κ3) is 2.27. The van der Waals surface area contributed by atoms with Gasteiger partial charge in [0.15, 0.2) is 5.78 Å². The summed E-state index contributed by atoms with van der Waals surface area (Å²) in [6, 6.07) is 6.47. The summed E-state index contributed by atoms with van der Waals surface area (Å²) in [4.78, 5) is 12.8. The second-order valence-corrected chi connectivity index (χ2v) is 5.75. The van der Waals surface area contributed by atoms with Crippen molar-refractivity contribution in [3.63, 3.8) is 0 Å². The van der Waals surface area contributed by atoms with Crippen LogP contribution in [0.1, 0.15) is 35.7 Å². The number of rotatable bonds is 3. The van der Waals surface area contributed by atoms with Gasteiger partial charge in [-0.05, 0) is 50.0 Å². The van der Waals surface area contributed by atoms with Crippen LogP contribution in [0.4, 0.5) is 0 Å². The van der Waals surface area contributed by atoms with Gasteiger partial charge in [-0.1, -0.05) is 13.0 Å². The van der Waals surface area contributed by atoms with E-state index in [1.165, 1.54) is 5.56 Å².